The first-order valence-electron chi connectivity index (χ1n) is 8.72. The Labute approximate surface area is 155 Å². The lowest BCUT2D eigenvalue weighted by Gasteiger charge is -2.38. The van der Waals surface area contributed by atoms with Gasteiger partial charge in [0.15, 0.2) is 0 Å². The standard InChI is InChI=1S/C20H20F4N2O/c1-14(15-5-4-6-16(21)13-15)25-9-11-26(12-10-25)19(27)17-7-2-3-8-18(17)20(22,23)24/h2-8,13-14H,9-12H2,1H3. The number of carbonyl (C=O) groups excluding carboxylic acids is 1. The molecule has 0 aliphatic carbocycles. The fourth-order valence-corrected chi connectivity index (χ4v) is 3.38. The van der Waals surface area contributed by atoms with Gasteiger partial charge in [-0.1, -0.05) is 24.3 Å². The Morgan fingerprint density at radius 3 is 2.30 bits per heavy atom. The Balaban J connectivity index is 1.68. The number of hydrogen-bond donors (Lipinski definition) is 0. The Morgan fingerprint density at radius 2 is 1.67 bits per heavy atom. The second-order valence-corrected chi connectivity index (χ2v) is 6.60. The minimum absolute atomic E-state index is 0.0413. The summed E-state index contributed by atoms with van der Waals surface area (Å²) in [6, 6.07) is 11.2. The molecule has 2 aromatic carbocycles. The monoisotopic (exact) mass is 380 g/mol. The highest BCUT2D eigenvalue weighted by molar-refractivity contribution is 5.96. The number of alkyl halides is 3. The molecule has 0 spiro atoms. The molecular formula is C20H20F4N2O. The molecule has 1 amide bonds. The summed E-state index contributed by atoms with van der Waals surface area (Å²) < 4.78 is 52.9. The van der Waals surface area contributed by atoms with Gasteiger partial charge in [0.25, 0.3) is 5.91 Å². The van der Waals surface area contributed by atoms with Crippen molar-refractivity contribution < 1.29 is 22.4 Å². The number of rotatable bonds is 3. The molecule has 3 nitrogen and oxygen atoms in total. The zero-order valence-corrected chi connectivity index (χ0v) is 14.8. The second-order valence-electron chi connectivity index (χ2n) is 6.60. The van der Waals surface area contributed by atoms with Crippen LogP contribution in [0, 0.1) is 5.82 Å². The van der Waals surface area contributed by atoms with Crippen LogP contribution >= 0.6 is 0 Å². The van der Waals surface area contributed by atoms with E-state index in [0.29, 0.717) is 26.2 Å². The van der Waals surface area contributed by atoms with Gasteiger partial charge in [-0.2, -0.15) is 13.2 Å². The van der Waals surface area contributed by atoms with Gasteiger partial charge in [0.1, 0.15) is 5.82 Å². The predicted molar refractivity (Wildman–Crippen MR) is 93.7 cm³/mol. The van der Waals surface area contributed by atoms with Crippen molar-refractivity contribution in [3.8, 4) is 0 Å². The highest BCUT2D eigenvalue weighted by atomic mass is 19.4. The smallest absolute Gasteiger partial charge is 0.336 e. The SMILES string of the molecule is CC(c1cccc(F)c1)N1CCN(C(=O)c2ccccc2C(F)(F)F)CC1. The van der Waals surface area contributed by atoms with Gasteiger partial charge >= 0.3 is 6.18 Å². The molecule has 1 fully saturated rings. The van der Waals surface area contributed by atoms with Crippen molar-refractivity contribution in [3.05, 3.63) is 71.0 Å². The Bertz CT molecular complexity index is 814. The molecule has 0 aromatic heterocycles. The van der Waals surface area contributed by atoms with E-state index in [9.17, 15) is 22.4 Å². The van der Waals surface area contributed by atoms with E-state index in [1.807, 2.05) is 13.0 Å². The molecule has 0 radical (unpaired) electrons. The third-order valence-electron chi connectivity index (χ3n) is 4.94. The van der Waals surface area contributed by atoms with Crippen LogP contribution in [-0.4, -0.2) is 41.9 Å². The summed E-state index contributed by atoms with van der Waals surface area (Å²) in [5.41, 5.74) is -0.403. The fraction of sp³-hybridized carbons (Fsp3) is 0.350. The topological polar surface area (TPSA) is 23.6 Å². The highest BCUT2D eigenvalue weighted by Crippen LogP contribution is 2.32. The minimum atomic E-state index is -4.57. The maximum absolute atomic E-state index is 13.4. The molecule has 1 aliphatic rings. The van der Waals surface area contributed by atoms with Gasteiger partial charge in [0.2, 0.25) is 0 Å². The number of nitrogens with zero attached hydrogens (tertiary/aromatic N) is 2. The lowest BCUT2D eigenvalue weighted by Crippen LogP contribution is -2.49. The number of hydrogen-bond acceptors (Lipinski definition) is 2. The van der Waals surface area contributed by atoms with Crippen LogP contribution in [0.5, 0.6) is 0 Å². The summed E-state index contributed by atoms with van der Waals surface area (Å²) in [5, 5.41) is 0. The van der Waals surface area contributed by atoms with Crippen molar-refractivity contribution in [3.63, 3.8) is 0 Å². The summed E-state index contributed by atoms with van der Waals surface area (Å²) in [6.07, 6.45) is -4.57. The van der Waals surface area contributed by atoms with Gasteiger partial charge < -0.3 is 4.90 Å². The average molecular weight is 380 g/mol. The molecule has 0 N–H and O–H groups in total. The van der Waals surface area contributed by atoms with Crippen LogP contribution in [0.3, 0.4) is 0 Å². The molecule has 3 rings (SSSR count). The van der Waals surface area contributed by atoms with Crippen LogP contribution in [0.15, 0.2) is 48.5 Å². The van der Waals surface area contributed by atoms with Gasteiger partial charge in [-0.3, -0.25) is 9.69 Å². The van der Waals surface area contributed by atoms with Crippen LogP contribution in [0.4, 0.5) is 17.6 Å². The molecule has 1 unspecified atom stereocenters. The molecule has 1 saturated heterocycles. The first kappa shape index (κ1) is 19.4. The molecule has 144 valence electrons. The van der Waals surface area contributed by atoms with Crippen LogP contribution in [0.25, 0.3) is 0 Å². The third kappa shape index (κ3) is 4.30. The van der Waals surface area contributed by atoms with Gasteiger partial charge in [0.05, 0.1) is 11.1 Å². The zero-order valence-electron chi connectivity index (χ0n) is 14.8. The van der Waals surface area contributed by atoms with E-state index in [2.05, 4.69) is 4.90 Å². The zero-order chi connectivity index (χ0) is 19.6. The van der Waals surface area contributed by atoms with Crippen molar-refractivity contribution in [2.75, 3.05) is 26.2 Å². The number of benzene rings is 2. The van der Waals surface area contributed by atoms with Crippen molar-refractivity contribution in [2.45, 2.75) is 19.1 Å². The predicted octanol–water partition coefficient (Wildman–Crippen LogP) is 4.36. The number of carbonyl (C=O) groups is 1. The first-order chi connectivity index (χ1) is 12.8. The maximum Gasteiger partial charge on any atom is 0.417 e. The second kappa shape index (κ2) is 7.68. The van der Waals surface area contributed by atoms with Gasteiger partial charge in [-0.05, 0) is 36.8 Å². The molecule has 7 heteroatoms. The number of halogens is 4. The number of amides is 1. The first-order valence-corrected chi connectivity index (χ1v) is 8.72. The summed E-state index contributed by atoms with van der Waals surface area (Å²) in [4.78, 5) is 16.2. The fourth-order valence-electron chi connectivity index (χ4n) is 3.38. The summed E-state index contributed by atoms with van der Waals surface area (Å²) >= 11 is 0. The summed E-state index contributed by atoms with van der Waals surface area (Å²) in [7, 11) is 0. The minimum Gasteiger partial charge on any atom is -0.336 e. The van der Waals surface area contributed by atoms with Gasteiger partial charge in [-0.15, -0.1) is 0 Å². The van der Waals surface area contributed by atoms with E-state index >= 15 is 0 Å². The highest BCUT2D eigenvalue weighted by Gasteiger charge is 2.36. The third-order valence-corrected chi connectivity index (χ3v) is 4.94. The van der Waals surface area contributed by atoms with Crippen LogP contribution in [0.2, 0.25) is 0 Å². The van der Waals surface area contributed by atoms with E-state index in [-0.39, 0.29) is 17.4 Å². The Kier molecular flexibility index (Phi) is 5.51. The Hall–Kier alpha value is -2.41. The van der Waals surface area contributed by atoms with E-state index in [1.165, 1.54) is 35.2 Å². The lowest BCUT2D eigenvalue weighted by molar-refractivity contribution is -0.138. The molecule has 27 heavy (non-hydrogen) atoms. The molecular weight excluding hydrogens is 360 g/mol. The summed E-state index contributed by atoms with van der Waals surface area (Å²) in [5.74, 6) is -0.919. The molecule has 0 bridgehead atoms. The molecule has 1 aliphatic heterocycles. The molecule has 0 saturated carbocycles. The van der Waals surface area contributed by atoms with E-state index in [4.69, 9.17) is 0 Å². The van der Waals surface area contributed by atoms with Crippen molar-refractivity contribution >= 4 is 5.91 Å². The molecule has 1 atom stereocenters. The normalized spacial score (nSPS) is 17.0. The maximum atomic E-state index is 13.4. The van der Waals surface area contributed by atoms with Crippen molar-refractivity contribution in [1.82, 2.24) is 9.80 Å². The van der Waals surface area contributed by atoms with E-state index in [1.54, 1.807) is 6.07 Å². The van der Waals surface area contributed by atoms with Crippen molar-refractivity contribution in [2.24, 2.45) is 0 Å². The average Bonchev–Trinajstić information content (AvgIpc) is 2.66. The van der Waals surface area contributed by atoms with Crippen LogP contribution in [-0.2, 0) is 6.18 Å². The van der Waals surface area contributed by atoms with E-state index < -0.39 is 17.6 Å². The van der Waals surface area contributed by atoms with Gasteiger partial charge in [0, 0.05) is 32.2 Å². The van der Waals surface area contributed by atoms with Crippen LogP contribution in [0.1, 0.15) is 34.5 Å². The van der Waals surface area contributed by atoms with Crippen LogP contribution < -0.4 is 0 Å². The largest absolute Gasteiger partial charge is 0.417 e. The quantitative estimate of drug-likeness (QED) is 0.739. The van der Waals surface area contributed by atoms with Gasteiger partial charge in [-0.25, -0.2) is 4.39 Å². The molecule has 1 heterocycles. The summed E-state index contributed by atoms with van der Waals surface area (Å²) in [6.45, 7) is 3.62. The molecule has 2 aromatic rings. The van der Waals surface area contributed by atoms with E-state index in [0.717, 1.165) is 11.6 Å². The number of piperazine rings is 1. The van der Waals surface area contributed by atoms with Crippen molar-refractivity contribution in [1.29, 1.82) is 0 Å². The lowest BCUT2D eigenvalue weighted by atomic mass is 10.0. The Morgan fingerprint density at radius 1 is 1.00 bits per heavy atom.